The van der Waals surface area contributed by atoms with Crippen LogP contribution in [0.5, 0.6) is 5.75 Å². The summed E-state index contributed by atoms with van der Waals surface area (Å²) in [6.45, 7) is 22.0. The molecule has 0 heterocycles. The van der Waals surface area contributed by atoms with Gasteiger partial charge in [0.15, 0.2) is 0 Å². The first-order valence-electron chi connectivity index (χ1n) is 19.3. The molecule has 5 aliphatic rings. The van der Waals surface area contributed by atoms with Crippen LogP contribution in [-0.4, -0.2) is 23.8 Å². The van der Waals surface area contributed by atoms with Gasteiger partial charge in [-0.25, -0.2) is 4.79 Å². The molecule has 4 saturated carbocycles. The van der Waals surface area contributed by atoms with Crippen LogP contribution in [0.15, 0.2) is 47.1 Å². The minimum absolute atomic E-state index is 0.106. The third kappa shape index (κ3) is 5.37. The number of carbonyl (C=O) groups is 1. The zero-order valence-corrected chi connectivity index (χ0v) is 31.6. The van der Waals surface area contributed by atoms with Gasteiger partial charge in [-0.2, -0.15) is 0 Å². The Balaban J connectivity index is 1.16. The molecule has 1 aromatic carbocycles. The predicted molar refractivity (Wildman–Crippen MR) is 196 cm³/mol. The van der Waals surface area contributed by atoms with Crippen LogP contribution < -0.4 is 4.74 Å². The number of aliphatic hydroxyl groups is 1. The fourth-order valence-electron chi connectivity index (χ4n) is 12.6. The standard InChI is InChI=1S/C44H64O4/c1-10-32(29(3)4)15-12-30(5)34-20-22-42(9)37-18-17-36-40(6,7)38(21-23-43(36)28-44(37,43)25-24-41(34,42)8)48-39(46)19-14-31-13-16-35(47-11-2)33(26-31)27-45/h13-14,16-17,19,26,30,34,37-38,45H,10-12,15,18,20-25,27-28H2,1-9H3/b19-14+. The van der Waals surface area contributed by atoms with Crippen molar-refractivity contribution in [3.63, 3.8) is 0 Å². The van der Waals surface area contributed by atoms with Crippen LogP contribution in [-0.2, 0) is 16.1 Å². The van der Waals surface area contributed by atoms with Crippen LogP contribution in [0.1, 0.15) is 144 Å². The molecule has 4 heteroatoms. The van der Waals surface area contributed by atoms with Gasteiger partial charge in [-0.05, 0) is 155 Å². The molecule has 0 saturated heterocycles. The van der Waals surface area contributed by atoms with Gasteiger partial charge in [0.05, 0.1) is 13.2 Å². The molecule has 0 radical (unpaired) electrons. The highest BCUT2D eigenvalue weighted by Crippen LogP contribution is 2.88. The SMILES string of the molecule is CCOc1ccc(/C=C/C(=O)OC2CCC34CC35CCC3(C)C(C(C)CCC(CC)=C(C)C)CCC3(C)C5CC=C4C2(C)C)cc1CO. The van der Waals surface area contributed by atoms with E-state index in [-0.39, 0.29) is 24.1 Å². The highest BCUT2D eigenvalue weighted by molar-refractivity contribution is 5.87. The van der Waals surface area contributed by atoms with Crippen molar-refractivity contribution in [3.8, 4) is 5.75 Å². The van der Waals surface area contributed by atoms with Crippen molar-refractivity contribution < 1.29 is 19.4 Å². The maximum atomic E-state index is 13.2. The summed E-state index contributed by atoms with van der Waals surface area (Å²) in [7, 11) is 0. The molecule has 5 aliphatic carbocycles. The molecular formula is C44H64O4. The lowest BCUT2D eigenvalue weighted by atomic mass is 9.43. The van der Waals surface area contributed by atoms with E-state index in [9.17, 15) is 9.90 Å². The second-order valence-electron chi connectivity index (χ2n) is 17.8. The zero-order valence-electron chi connectivity index (χ0n) is 31.6. The van der Waals surface area contributed by atoms with E-state index in [1.807, 2.05) is 25.1 Å². The smallest absolute Gasteiger partial charge is 0.331 e. The first-order valence-corrected chi connectivity index (χ1v) is 19.3. The number of aliphatic hydroxyl groups excluding tert-OH is 1. The zero-order chi connectivity index (χ0) is 34.7. The van der Waals surface area contributed by atoms with E-state index in [4.69, 9.17) is 9.47 Å². The largest absolute Gasteiger partial charge is 0.494 e. The van der Waals surface area contributed by atoms with Crippen molar-refractivity contribution in [3.05, 3.63) is 58.2 Å². The lowest BCUT2D eigenvalue weighted by Gasteiger charge is -2.61. The first kappa shape index (κ1) is 35.5. The first-order chi connectivity index (χ1) is 22.7. The van der Waals surface area contributed by atoms with Gasteiger partial charge in [-0.3, -0.25) is 0 Å². The van der Waals surface area contributed by atoms with E-state index in [0.717, 1.165) is 41.7 Å². The topological polar surface area (TPSA) is 55.8 Å². The average Bonchev–Trinajstić information content (AvgIpc) is 3.63. The highest BCUT2D eigenvalue weighted by Gasteiger charge is 2.80. The Bertz CT molecular complexity index is 1490. The minimum atomic E-state index is -0.286. The second-order valence-corrected chi connectivity index (χ2v) is 17.8. The van der Waals surface area contributed by atoms with Crippen molar-refractivity contribution in [1.29, 1.82) is 0 Å². The van der Waals surface area contributed by atoms with Gasteiger partial charge in [0, 0.05) is 17.1 Å². The third-order valence-electron chi connectivity index (χ3n) is 15.4. The number of fused-ring (bicyclic) bond motifs is 2. The summed E-state index contributed by atoms with van der Waals surface area (Å²) in [5.41, 5.74) is 7.75. The van der Waals surface area contributed by atoms with Gasteiger partial charge in [-0.1, -0.05) is 70.4 Å². The van der Waals surface area contributed by atoms with Gasteiger partial charge in [0.25, 0.3) is 0 Å². The molecule has 1 N–H and O–H groups in total. The molecule has 48 heavy (non-hydrogen) atoms. The molecule has 264 valence electrons. The fraction of sp³-hybridized carbons (Fsp3) is 0.705. The molecule has 8 unspecified atom stereocenters. The van der Waals surface area contributed by atoms with Crippen molar-refractivity contribution in [2.24, 2.45) is 44.8 Å². The Hall–Kier alpha value is -2.33. The minimum Gasteiger partial charge on any atom is -0.494 e. The Morgan fingerprint density at radius 3 is 2.50 bits per heavy atom. The lowest BCUT2D eigenvalue weighted by molar-refractivity contribution is -0.152. The number of hydrogen-bond donors (Lipinski definition) is 1. The molecule has 8 atom stereocenters. The molecule has 0 aliphatic heterocycles. The van der Waals surface area contributed by atoms with Crippen LogP contribution >= 0.6 is 0 Å². The molecule has 0 aromatic heterocycles. The summed E-state index contributed by atoms with van der Waals surface area (Å²) >= 11 is 0. The quantitative estimate of drug-likeness (QED) is 0.146. The van der Waals surface area contributed by atoms with E-state index in [0.29, 0.717) is 34.0 Å². The van der Waals surface area contributed by atoms with Gasteiger partial charge in [0.1, 0.15) is 11.9 Å². The molecule has 6 rings (SSSR count). The van der Waals surface area contributed by atoms with E-state index in [2.05, 4.69) is 61.5 Å². The third-order valence-corrected chi connectivity index (χ3v) is 15.4. The maximum absolute atomic E-state index is 13.2. The normalized spacial score (nSPS) is 36.6. The van der Waals surface area contributed by atoms with Crippen LogP contribution in [0.25, 0.3) is 6.08 Å². The molecule has 0 amide bonds. The summed E-state index contributed by atoms with van der Waals surface area (Å²) in [5.74, 6) is 2.76. The number of benzene rings is 1. The van der Waals surface area contributed by atoms with Gasteiger partial charge >= 0.3 is 5.97 Å². The summed E-state index contributed by atoms with van der Waals surface area (Å²) < 4.78 is 11.9. The van der Waals surface area contributed by atoms with Crippen molar-refractivity contribution in [1.82, 2.24) is 0 Å². The Kier molecular flexibility index (Phi) is 9.44. The summed E-state index contributed by atoms with van der Waals surface area (Å²) in [5, 5.41) is 9.77. The van der Waals surface area contributed by atoms with Crippen molar-refractivity contribution >= 4 is 12.0 Å². The van der Waals surface area contributed by atoms with Gasteiger partial charge in [0.2, 0.25) is 0 Å². The van der Waals surface area contributed by atoms with E-state index < -0.39 is 0 Å². The summed E-state index contributed by atoms with van der Waals surface area (Å²) in [6.07, 6.45) is 19.8. The number of allylic oxidation sites excluding steroid dienone is 3. The maximum Gasteiger partial charge on any atom is 0.331 e. The fourth-order valence-corrected chi connectivity index (χ4v) is 12.6. The van der Waals surface area contributed by atoms with E-state index in [1.165, 1.54) is 63.4 Å². The monoisotopic (exact) mass is 656 g/mol. The molecule has 0 bridgehead atoms. The van der Waals surface area contributed by atoms with Crippen LogP contribution in [0.2, 0.25) is 0 Å². The van der Waals surface area contributed by atoms with Crippen molar-refractivity contribution in [2.75, 3.05) is 6.61 Å². The summed E-state index contributed by atoms with van der Waals surface area (Å²) in [4.78, 5) is 13.2. The van der Waals surface area contributed by atoms with E-state index >= 15 is 0 Å². The number of rotatable bonds is 11. The van der Waals surface area contributed by atoms with Crippen LogP contribution in [0, 0.1) is 44.8 Å². The Labute approximate surface area is 291 Å². The number of esters is 1. The molecule has 1 aromatic rings. The molecular weight excluding hydrogens is 592 g/mol. The van der Waals surface area contributed by atoms with Crippen molar-refractivity contribution in [2.45, 2.75) is 146 Å². The Morgan fingerprint density at radius 1 is 1.04 bits per heavy atom. The van der Waals surface area contributed by atoms with Crippen LogP contribution in [0.4, 0.5) is 0 Å². The van der Waals surface area contributed by atoms with E-state index in [1.54, 1.807) is 23.3 Å². The number of ether oxygens (including phenoxy) is 2. The van der Waals surface area contributed by atoms with Gasteiger partial charge < -0.3 is 14.6 Å². The lowest BCUT2D eigenvalue weighted by Crippen LogP contribution is -2.55. The second kappa shape index (κ2) is 12.8. The molecule has 4 fully saturated rings. The Morgan fingerprint density at radius 2 is 1.81 bits per heavy atom. The summed E-state index contributed by atoms with van der Waals surface area (Å²) in [6, 6.07) is 5.63. The molecule has 4 nitrogen and oxygen atoms in total. The average molecular weight is 657 g/mol. The highest BCUT2D eigenvalue weighted by atomic mass is 16.5. The van der Waals surface area contributed by atoms with Crippen LogP contribution in [0.3, 0.4) is 0 Å². The molecule has 2 spiro atoms. The van der Waals surface area contributed by atoms with Gasteiger partial charge in [-0.15, -0.1) is 0 Å². The predicted octanol–water partition coefficient (Wildman–Crippen LogP) is 11.0. The number of carbonyl (C=O) groups excluding carboxylic acids is 1. The number of hydrogen-bond acceptors (Lipinski definition) is 4.